The van der Waals surface area contributed by atoms with Crippen LogP contribution < -0.4 is 4.57 Å². The molecule has 0 fully saturated rings. The van der Waals surface area contributed by atoms with Crippen LogP contribution in [0.3, 0.4) is 0 Å². The number of hydrogen-bond donors (Lipinski definition) is 1. The van der Waals surface area contributed by atoms with Crippen LogP contribution in [0.2, 0.25) is 0 Å². The first-order chi connectivity index (χ1) is 33.3. The monoisotopic (exact) mass is 1270 g/mol. The van der Waals surface area contributed by atoms with Crippen molar-refractivity contribution in [2.45, 2.75) is 62.4 Å². The number of alkyl halides is 9. The zero-order valence-electron chi connectivity index (χ0n) is 40.3. The van der Waals surface area contributed by atoms with E-state index in [0.29, 0.717) is 0 Å². The quantitative estimate of drug-likeness (QED) is 0.137. The minimum absolute atomic E-state index is 0.0992. The molecule has 0 aromatic carbocycles. The van der Waals surface area contributed by atoms with Crippen LogP contribution in [0, 0.1) is 0 Å². The summed E-state index contributed by atoms with van der Waals surface area (Å²) >= 11 is -9.14. The number of nitrogens with zero attached hydrogens (tertiary/aromatic N) is 6. The van der Waals surface area contributed by atoms with E-state index in [1.807, 2.05) is 24.5 Å². The first-order valence-corrected chi connectivity index (χ1v) is 32.2. The lowest BCUT2D eigenvalue weighted by atomic mass is 10.5. The van der Waals surface area contributed by atoms with Crippen molar-refractivity contribution >= 4 is 105 Å². The van der Waals surface area contributed by atoms with Crippen molar-refractivity contribution in [3.8, 4) is 0 Å². The predicted molar refractivity (Wildman–Crippen MR) is 250 cm³/mol. The lowest BCUT2D eigenvalue weighted by Gasteiger charge is -2.25. The Morgan fingerprint density at radius 1 is 0.635 bits per heavy atom. The molecule has 3 heterocycles. The van der Waals surface area contributed by atoms with Gasteiger partial charge in [-0.2, -0.15) is 57.1 Å². The summed E-state index contributed by atoms with van der Waals surface area (Å²) in [5, 5.41) is 0. The molecule has 74 heavy (non-hydrogen) atoms. The van der Waals surface area contributed by atoms with Crippen LogP contribution in [-0.4, -0.2) is 199 Å². The molecule has 25 nitrogen and oxygen atoms in total. The topological polar surface area (TPSA) is 321 Å². The first kappa shape index (κ1) is 73.2. The van der Waals surface area contributed by atoms with E-state index in [2.05, 4.69) is 53.1 Å². The summed E-state index contributed by atoms with van der Waals surface area (Å²) in [4.78, 5) is 2.86. The van der Waals surface area contributed by atoms with Crippen molar-refractivity contribution < 1.29 is 129 Å². The van der Waals surface area contributed by atoms with Crippen LogP contribution in [0.5, 0.6) is 0 Å². The third-order valence-corrected chi connectivity index (χ3v) is 29.5. The molecular weight excluding hydrogens is 1220 g/mol. The van der Waals surface area contributed by atoms with Gasteiger partial charge in [0.15, 0.2) is 33.2 Å². The average Bonchev–Trinajstić information content (AvgIpc) is 4.04. The second kappa shape index (κ2) is 29.8. The van der Waals surface area contributed by atoms with Crippen molar-refractivity contribution in [3.63, 3.8) is 0 Å². The van der Waals surface area contributed by atoms with Crippen molar-refractivity contribution in [1.82, 2.24) is 17.6 Å². The Balaban J connectivity index is 0. The molecule has 0 radical (unpaired) electrons. The van der Waals surface area contributed by atoms with Crippen molar-refractivity contribution in [2.24, 2.45) is 7.05 Å². The van der Waals surface area contributed by atoms with E-state index in [9.17, 15) is 103 Å². The Hall–Kier alpha value is -2.85. The second-order valence-corrected chi connectivity index (χ2v) is 32.7. The fourth-order valence-corrected chi connectivity index (χ4v) is 21.8. The molecule has 0 spiro atoms. The van der Waals surface area contributed by atoms with Gasteiger partial charge in [0.2, 0.25) is 32.5 Å². The molecule has 1 aliphatic rings. The molecule has 4 unspecified atom stereocenters. The van der Waals surface area contributed by atoms with Gasteiger partial charge in [0.05, 0.1) is 26.9 Å². The molecular formula is C31H55F9N7O18S9+3. The Kier molecular flexibility index (Phi) is 29.5. The summed E-state index contributed by atoms with van der Waals surface area (Å²) in [7, 11) is -28.2. The van der Waals surface area contributed by atoms with Gasteiger partial charge in [-0.25, -0.2) is 67.9 Å². The maximum absolute atomic E-state index is 12.8. The van der Waals surface area contributed by atoms with E-state index in [1.165, 1.54) is 27.8 Å². The molecule has 2 aromatic heterocycles. The van der Waals surface area contributed by atoms with E-state index < -0.39 is 121 Å². The third kappa shape index (κ3) is 20.5. The van der Waals surface area contributed by atoms with Crippen LogP contribution in [-0.2, 0) is 112 Å². The number of sulfone groups is 3. The van der Waals surface area contributed by atoms with Gasteiger partial charge in [0.1, 0.15) is 26.0 Å². The highest BCUT2D eigenvalue weighted by atomic mass is 32.3. The molecule has 3 rings (SSSR count). The maximum atomic E-state index is 12.8. The van der Waals surface area contributed by atoms with Gasteiger partial charge in [0.25, 0.3) is 43.7 Å². The molecule has 0 saturated carbocycles. The highest BCUT2D eigenvalue weighted by Gasteiger charge is 2.63. The Morgan fingerprint density at radius 2 is 1.05 bits per heavy atom. The summed E-state index contributed by atoms with van der Waals surface area (Å²) in [5.41, 5.74) is -17.6. The lowest BCUT2D eigenvalue weighted by molar-refractivity contribution is -0.697. The van der Waals surface area contributed by atoms with E-state index in [1.54, 1.807) is 0 Å². The van der Waals surface area contributed by atoms with Crippen molar-refractivity contribution in [2.75, 3.05) is 68.3 Å². The number of hydrogen-bond acceptors (Lipinski definition) is 18. The fourth-order valence-electron chi connectivity index (χ4n) is 4.09. The molecule has 0 saturated heterocycles. The maximum Gasteiger partial charge on any atom is 0.499 e. The molecule has 0 bridgehead atoms. The number of H-pyrrole nitrogens is 1. The van der Waals surface area contributed by atoms with Crippen molar-refractivity contribution in [1.29, 1.82) is 0 Å². The Bertz CT molecular complexity index is 2860. The highest BCUT2D eigenvalue weighted by Crippen LogP contribution is 2.35. The number of sulfonamides is 2. The highest BCUT2D eigenvalue weighted by molar-refractivity contribution is 8.23. The zero-order valence-corrected chi connectivity index (χ0v) is 47.6. The third-order valence-electron chi connectivity index (χ3n) is 7.70. The summed E-state index contributed by atoms with van der Waals surface area (Å²) < 4.78 is 296. The van der Waals surface area contributed by atoms with Gasteiger partial charge in [-0.05, 0) is 39.3 Å². The first-order valence-electron chi connectivity index (χ1n) is 19.6. The van der Waals surface area contributed by atoms with Gasteiger partial charge >= 0.3 is 37.1 Å². The summed E-state index contributed by atoms with van der Waals surface area (Å²) in [6.45, 7) is 7.44. The number of halogens is 9. The number of imidazole rings is 1. The summed E-state index contributed by atoms with van der Waals surface area (Å²) in [6.07, 6.45) is 11.0. The number of aromatic nitrogens is 3. The number of rotatable bonds is 20. The summed E-state index contributed by atoms with van der Waals surface area (Å²) in [5.74, 6) is 0. The van der Waals surface area contributed by atoms with E-state index in [0.717, 1.165) is 64.7 Å². The molecule has 0 amide bonds. The number of aryl methyl sites for hydroxylation is 1. The van der Waals surface area contributed by atoms with Crippen LogP contribution in [0.15, 0.2) is 43.2 Å². The van der Waals surface area contributed by atoms with Gasteiger partial charge in [-0.15, -0.1) is 3.97 Å². The van der Waals surface area contributed by atoms with Gasteiger partial charge < -0.3 is 4.98 Å². The molecule has 1 N–H and O–H groups in total. The van der Waals surface area contributed by atoms with Crippen LogP contribution in [0.4, 0.5) is 39.5 Å². The standard InChI is InChI=1S/C9H14F3N2O6S3.C6H13F3N2O6S3.C6H11F3O6S3.C6H12N2.C4H5N/c1-3-6-20-21(15)8(22(16,17)9(10,11)12)23(18,19)14-5-4-13(2)7-14;1-10(2)19(14,15)5(20(16,17)11(3)4)18(12,13)6(7,8)9;1-3-14-16(10)5(17(11)15-4-2)18(12,13)6(7,8)9;1-3-8-5-4-7(2)6-8;1-2-4-5-3-1/h4-5,7-8H,3,6H2,1-2H3;5H,1-4H3;5H,3-4H2,1-2H3;4-5H,3,6H2,1-2H3;1-5H/q+1;;;+2;. The predicted octanol–water partition coefficient (Wildman–Crippen LogP) is 0.180. The molecule has 4 atom stereocenters. The Morgan fingerprint density at radius 3 is 1.31 bits per heavy atom. The van der Waals surface area contributed by atoms with Crippen LogP contribution in [0.1, 0.15) is 34.1 Å². The molecule has 436 valence electrons. The zero-order chi connectivity index (χ0) is 58.9. The van der Waals surface area contributed by atoms with E-state index in [4.69, 9.17) is 0 Å². The van der Waals surface area contributed by atoms with Gasteiger partial charge in [-0.3, -0.25) is 12.5 Å². The SMILES string of the molecule is CCCOS(=O)C(S(=O)(=O)n1cc[n+](C)c1)S(=O)(=O)C(F)(F)F.CCOS(=O)C(S(=O)OCC)S(=O)(=O)C(F)(F)F.CC[N+]1=CC=[N+](C)C1.CN(C)S(=O)(=O)C(S(=O)(=O)N(C)C)S(=O)(=O)C(F)(F)F.c1cc[nH]c1. The second-order valence-electron chi connectivity index (χ2n) is 13.8. The van der Waals surface area contributed by atoms with E-state index >= 15 is 0 Å². The molecule has 2 aromatic rings. The summed E-state index contributed by atoms with van der Waals surface area (Å²) in [6, 6.07) is 3.89. The average molecular weight is 1270 g/mol. The van der Waals surface area contributed by atoms with Crippen molar-refractivity contribution in [3.05, 3.63) is 43.2 Å². The number of aromatic amines is 1. The molecule has 43 heteroatoms. The fraction of sp³-hybridized carbons (Fsp3) is 0.710. The minimum Gasteiger partial charge on any atom is -0.368 e. The lowest BCUT2D eigenvalue weighted by Crippen LogP contribution is -2.52. The molecule has 0 aliphatic carbocycles. The number of nitrogens with one attached hydrogen (secondary N) is 1. The normalized spacial score (nSPS) is 16.1. The minimum atomic E-state index is -6.50. The van der Waals surface area contributed by atoms with Crippen LogP contribution in [0.25, 0.3) is 0 Å². The smallest absolute Gasteiger partial charge is 0.368 e. The molecule has 1 aliphatic heterocycles. The van der Waals surface area contributed by atoms with E-state index in [-0.39, 0.29) is 38.8 Å². The largest absolute Gasteiger partial charge is 0.499 e. The van der Waals surface area contributed by atoms with Crippen LogP contribution >= 0.6 is 0 Å². The van der Waals surface area contributed by atoms with Gasteiger partial charge in [0, 0.05) is 40.6 Å². The Labute approximate surface area is 430 Å². The van der Waals surface area contributed by atoms with Gasteiger partial charge in [-0.1, -0.05) is 6.92 Å².